The molecule has 2 saturated heterocycles. The number of carbonyl (C=O) groups is 1. The van der Waals surface area contributed by atoms with E-state index in [-0.39, 0.29) is 11.9 Å². The third-order valence-electron chi connectivity index (χ3n) is 4.09. The number of nitrogens with zero attached hydrogens (tertiary/aromatic N) is 2. The van der Waals surface area contributed by atoms with Gasteiger partial charge in [0.15, 0.2) is 0 Å². The average molecular weight is 336 g/mol. The van der Waals surface area contributed by atoms with Crippen molar-refractivity contribution in [3.8, 4) is 10.6 Å². The van der Waals surface area contributed by atoms with E-state index in [0.29, 0.717) is 10.9 Å². The Morgan fingerprint density at radius 2 is 2.41 bits per heavy atom. The standard InChI is InChI=1S/C15H16N2O3S2/c18-15(11-9-22-14(16-11)10-1-4-19-7-10)17-3-6-21-13-8-20-5-2-12(13)17/h1,4,7,9,12-13H,2-3,5-6,8H2/t12-,13+/m1/s1. The molecule has 2 aromatic heterocycles. The predicted molar refractivity (Wildman–Crippen MR) is 86.3 cm³/mol. The van der Waals surface area contributed by atoms with Crippen molar-refractivity contribution >= 4 is 29.0 Å². The molecule has 1 amide bonds. The smallest absolute Gasteiger partial charge is 0.273 e. The summed E-state index contributed by atoms with van der Waals surface area (Å²) in [5.74, 6) is 1.01. The van der Waals surface area contributed by atoms with Crippen molar-refractivity contribution < 1.29 is 13.9 Å². The summed E-state index contributed by atoms with van der Waals surface area (Å²) < 4.78 is 10.6. The highest BCUT2D eigenvalue weighted by Crippen LogP contribution is 2.32. The van der Waals surface area contributed by atoms with E-state index in [1.54, 1.807) is 12.5 Å². The normalized spacial score (nSPS) is 25.0. The molecule has 0 bridgehead atoms. The van der Waals surface area contributed by atoms with Crippen LogP contribution >= 0.6 is 23.1 Å². The molecule has 22 heavy (non-hydrogen) atoms. The molecule has 4 rings (SSSR count). The lowest BCUT2D eigenvalue weighted by Crippen LogP contribution is -2.54. The Kier molecular flexibility index (Phi) is 3.94. The molecule has 0 N–H and O–H groups in total. The van der Waals surface area contributed by atoms with Gasteiger partial charge in [-0.1, -0.05) is 0 Å². The first-order chi connectivity index (χ1) is 10.8. The maximum Gasteiger partial charge on any atom is 0.273 e. The Morgan fingerprint density at radius 1 is 1.45 bits per heavy atom. The zero-order valence-electron chi connectivity index (χ0n) is 11.9. The van der Waals surface area contributed by atoms with Crippen LogP contribution in [0.2, 0.25) is 0 Å². The number of furan rings is 1. The van der Waals surface area contributed by atoms with E-state index < -0.39 is 0 Å². The summed E-state index contributed by atoms with van der Waals surface area (Å²) in [4.78, 5) is 19.3. The van der Waals surface area contributed by atoms with E-state index in [0.717, 1.165) is 42.5 Å². The first kappa shape index (κ1) is 14.3. The van der Waals surface area contributed by atoms with Gasteiger partial charge in [0.25, 0.3) is 5.91 Å². The van der Waals surface area contributed by atoms with Crippen LogP contribution in [0.5, 0.6) is 0 Å². The van der Waals surface area contributed by atoms with Crippen molar-refractivity contribution in [3.63, 3.8) is 0 Å². The molecular formula is C15H16N2O3S2. The number of fused-ring (bicyclic) bond motifs is 1. The van der Waals surface area contributed by atoms with Crippen LogP contribution in [0.25, 0.3) is 10.6 Å². The van der Waals surface area contributed by atoms with Gasteiger partial charge in [-0.3, -0.25) is 4.79 Å². The molecule has 0 aromatic carbocycles. The maximum absolute atomic E-state index is 12.8. The maximum atomic E-state index is 12.8. The van der Waals surface area contributed by atoms with Gasteiger partial charge in [-0.25, -0.2) is 4.98 Å². The second-order valence-electron chi connectivity index (χ2n) is 5.39. The summed E-state index contributed by atoms with van der Waals surface area (Å²) in [5.41, 5.74) is 1.46. The number of carbonyl (C=O) groups excluding carboxylic acids is 1. The van der Waals surface area contributed by atoms with Gasteiger partial charge in [0.2, 0.25) is 0 Å². The van der Waals surface area contributed by atoms with Crippen LogP contribution in [0.1, 0.15) is 16.9 Å². The Labute approximate surface area is 136 Å². The minimum atomic E-state index is 0.0446. The summed E-state index contributed by atoms with van der Waals surface area (Å²) in [6.07, 6.45) is 4.19. The van der Waals surface area contributed by atoms with Crippen molar-refractivity contribution in [2.45, 2.75) is 17.7 Å². The van der Waals surface area contributed by atoms with Gasteiger partial charge in [0, 0.05) is 41.1 Å². The minimum absolute atomic E-state index is 0.0446. The van der Waals surface area contributed by atoms with Gasteiger partial charge < -0.3 is 14.1 Å². The van der Waals surface area contributed by atoms with Crippen molar-refractivity contribution in [2.75, 3.05) is 25.5 Å². The van der Waals surface area contributed by atoms with Crippen LogP contribution in [0.15, 0.2) is 28.4 Å². The van der Waals surface area contributed by atoms with Crippen molar-refractivity contribution in [2.24, 2.45) is 0 Å². The van der Waals surface area contributed by atoms with Crippen molar-refractivity contribution in [1.29, 1.82) is 0 Å². The molecule has 5 nitrogen and oxygen atoms in total. The first-order valence-electron chi connectivity index (χ1n) is 7.31. The van der Waals surface area contributed by atoms with Crippen molar-refractivity contribution in [1.82, 2.24) is 9.88 Å². The van der Waals surface area contributed by atoms with E-state index in [4.69, 9.17) is 9.15 Å². The molecule has 2 atom stereocenters. The first-order valence-corrected chi connectivity index (χ1v) is 9.24. The molecule has 2 aliphatic rings. The van der Waals surface area contributed by atoms with Crippen molar-refractivity contribution in [3.05, 3.63) is 29.7 Å². The quantitative estimate of drug-likeness (QED) is 0.844. The molecule has 2 aliphatic heterocycles. The van der Waals surface area contributed by atoms with Gasteiger partial charge in [-0.05, 0) is 12.5 Å². The third-order valence-corrected chi connectivity index (χ3v) is 6.27. The highest BCUT2D eigenvalue weighted by molar-refractivity contribution is 8.00. The molecule has 0 aliphatic carbocycles. The number of aromatic nitrogens is 1. The number of amides is 1. The molecule has 2 fully saturated rings. The van der Waals surface area contributed by atoms with E-state index in [1.165, 1.54) is 11.3 Å². The van der Waals surface area contributed by atoms with Gasteiger partial charge in [-0.2, -0.15) is 11.8 Å². The third kappa shape index (κ3) is 2.57. The van der Waals surface area contributed by atoms with E-state index >= 15 is 0 Å². The molecule has 0 radical (unpaired) electrons. The molecule has 2 aromatic rings. The minimum Gasteiger partial charge on any atom is -0.472 e. The fourth-order valence-corrected chi connectivity index (χ4v) is 5.06. The predicted octanol–water partition coefficient (Wildman–Crippen LogP) is 2.75. The SMILES string of the molecule is O=C(c1csc(-c2ccoc2)n1)N1CCS[C@H]2COCC[C@H]21. The van der Waals surface area contributed by atoms with Gasteiger partial charge >= 0.3 is 0 Å². The van der Waals surface area contributed by atoms with Gasteiger partial charge in [0.05, 0.1) is 12.9 Å². The lowest BCUT2D eigenvalue weighted by molar-refractivity contribution is 0.0316. The summed E-state index contributed by atoms with van der Waals surface area (Å²) in [7, 11) is 0. The summed E-state index contributed by atoms with van der Waals surface area (Å²) >= 11 is 3.40. The molecule has 7 heteroatoms. The Hall–Kier alpha value is -1.31. The molecular weight excluding hydrogens is 320 g/mol. The number of hydrogen-bond acceptors (Lipinski definition) is 6. The summed E-state index contributed by atoms with van der Waals surface area (Å²) in [6, 6.07) is 2.14. The van der Waals surface area contributed by atoms with Gasteiger partial charge in [0.1, 0.15) is 17.0 Å². The highest BCUT2D eigenvalue weighted by Gasteiger charge is 2.37. The Morgan fingerprint density at radius 3 is 3.27 bits per heavy atom. The van der Waals surface area contributed by atoms with Crippen LogP contribution in [-0.4, -0.2) is 52.6 Å². The van der Waals surface area contributed by atoms with E-state index in [9.17, 15) is 4.79 Å². The van der Waals surface area contributed by atoms with Crippen LogP contribution in [0, 0.1) is 0 Å². The Balaban J connectivity index is 1.56. The highest BCUT2D eigenvalue weighted by atomic mass is 32.2. The van der Waals surface area contributed by atoms with E-state index in [2.05, 4.69) is 4.98 Å². The zero-order valence-corrected chi connectivity index (χ0v) is 13.6. The van der Waals surface area contributed by atoms with E-state index in [1.807, 2.05) is 28.1 Å². The molecule has 116 valence electrons. The second kappa shape index (κ2) is 6.06. The number of thioether (sulfide) groups is 1. The van der Waals surface area contributed by atoms with Crippen LogP contribution < -0.4 is 0 Å². The van der Waals surface area contributed by atoms with Crippen LogP contribution in [0.4, 0.5) is 0 Å². The monoisotopic (exact) mass is 336 g/mol. The number of thiazole rings is 1. The number of rotatable bonds is 2. The lowest BCUT2D eigenvalue weighted by atomic mass is 10.1. The molecule has 0 saturated carbocycles. The lowest BCUT2D eigenvalue weighted by Gasteiger charge is -2.43. The van der Waals surface area contributed by atoms with Gasteiger partial charge in [-0.15, -0.1) is 11.3 Å². The fraction of sp³-hybridized carbons (Fsp3) is 0.467. The van der Waals surface area contributed by atoms with Crippen LogP contribution in [-0.2, 0) is 4.74 Å². The fourth-order valence-electron chi connectivity index (χ4n) is 2.97. The Bertz CT molecular complexity index is 654. The second-order valence-corrected chi connectivity index (χ2v) is 7.59. The molecule has 4 heterocycles. The number of hydrogen-bond donors (Lipinski definition) is 0. The topological polar surface area (TPSA) is 55.6 Å². The molecule has 0 unspecified atom stereocenters. The number of ether oxygens (including phenoxy) is 1. The average Bonchev–Trinajstić information content (AvgIpc) is 3.24. The largest absolute Gasteiger partial charge is 0.472 e. The summed E-state index contributed by atoms with van der Waals surface area (Å²) in [6.45, 7) is 2.28. The zero-order chi connectivity index (χ0) is 14.9. The molecule has 0 spiro atoms. The van der Waals surface area contributed by atoms with Crippen LogP contribution in [0.3, 0.4) is 0 Å². The summed E-state index contributed by atoms with van der Waals surface area (Å²) in [5, 5.41) is 3.08.